The standard InChI is InChI=1S/C12H17ClN2OS/c13-11-2-1-4-15-12(11)17-7-5-14-8-10-3-6-16-9-10/h1-2,4,10,14H,3,5-9H2. The summed E-state index contributed by atoms with van der Waals surface area (Å²) in [5.74, 6) is 1.68. The molecule has 0 spiro atoms. The first-order valence-electron chi connectivity index (χ1n) is 5.88. The van der Waals surface area contributed by atoms with Crippen LogP contribution in [0.3, 0.4) is 0 Å². The summed E-state index contributed by atoms with van der Waals surface area (Å²) in [5, 5.41) is 5.10. The van der Waals surface area contributed by atoms with E-state index in [1.54, 1.807) is 18.0 Å². The van der Waals surface area contributed by atoms with E-state index >= 15 is 0 Å². The summed E-state index contributed by atoms with van der Waals surface area (Å²) in [7, 11) is 0. The molecule has 0 aliphatic carbocycles. The molecule has 1 fully saturated rings. The number of hydrogen-bond donors (Lipinski definition) is 1. The Morgan fingerprint density at radius 2 is 2.53 bits per heavy atom. The predicted octanol–water partition coefficient (Wildman–Crippen LogP) is 2.45. The smallest absolute Gasteiger partial charge is 0.115 e. The molecule has 1 atom stereocenters. The van der Waals surface area contributed by atoms with Crippen molar-refractivity contribution < 1.29 is 4.74 Å². The van der Waals surface area contributed by atoms with Gasteiger partial charge in [0.1, 0.15) is 5.03 Å². The molecule has 1 N–H and O–H groups in total. The first-order chi connectivity index (χ1) is 8.36. The Balaban J connectivity index is 1.58. The lowest BCUT2D eigenvalue weighted by Gasteiger charge is -2.09. The number of pyridine rings is 1. The number of nitrogens with one attached hydrogen (secondary N) is 1. The third-order valence-electron chi connectivity index (χ3n) is 2.70. The fraction of sp³-hybridized carbons (Fsp3) is 0.583. The number of rotatable bonds is 6. The quantitative estimate of drug-likeness (QED) is 0.637. The third-order valence-corrected chi connectivity index (χ3v) is 4.12. The van der Waals surface area contributed by atoms with Crippen LogP contribution in [0.15, 0.2) is 23.4 Å². The van der Waals surface area contributed by atoms with Crippen LogP contribution in [0.25, 0.3) is 0 Å². The second-order valence-electron chi connectivity index (χ2n) is 4.07. The van der Waals surface area contributed by atoms with Crippen molar-refractivity contribution in [2.24, 2.45) is 5.92 Å². The highest BCUT2D eigenvalue weighted by molar-refractivity contribution is 7.99. The van der Waals surface area contributed by atoms with Gasteiger partial charge >= 0.3 is 0 Å². The normalized spacial score (nSPS) is 19.7. The predicted molar refractivity (Wildman–Crippen MR) is 71.8 cm³/mol. The number of thioether (sulfide) groups is 1. The van der Waals surface area contributed by atoms with E-state index in [0.29, 0.717) is 5.92 Å². The lowest BCUT2D eigenvalue weighted by Crippen LogP contribution is -2.25. The Morgan fingerprint density at radius 3 is 3.29 bits per heavy atom. The highest BCUT2D eigenvalue weighted by atomic mass is 35.5. The summed E-state index contributed by atoms with van der Waals surface area (Å²) in [5.41, 5.74) is 0. The van der Waals surface area contributed by atoms with Crippen LogP contribution in [0, 0.1) is 5.92 Å². The molecule has 1 saturated heterocycles. The second-order valence-corrected chi connectivity index (χ2v) is 5.56. The number of hydrogen-bond acceptors (Lipinski definition) is 4. The van der Waals surface area contributed by atoms with Crippen LogP contribution in [0.5, 0.6) is 0 Å². The summed E-state index contributed by atoms with van der Waals surface area (Å²) in [6.07, 6.45) is 2.96. The molecular formula is C12H17ClN2OS. The van der Waals surface area contributed by atoms with Crippen LogP contribution in [0.2, 0.25) is 5.02 Å². The minimum atomic E-state index is 0.693. The summed E-state index contributed by atoms with van der Waals surface area (Å²) < 4.78 is 5.33. The van der Waals surface area contributed by atoms with Crippen molar-refractivity contribution in [1.82, 2.24) is 10.3 Å². The van der Waals surface area contributed by atoms with E-state index in [2.05, 4.69) is 10.3 Å². The zero-order valence-corrected chi connectivity index (χ0v) is 11.3. The molecule has 0 saturated carbocycles. The van der Waals surface area contributed by atoms with Gasteiger partial charge in [-0.2, -0.15) is 0 Å². The van der Waals surface area contributed by atoms with Gasteiger partial charge in [-0.15, -0.1) is 11.8 Å². The number of halogens is 1. The van der Waals surface area contributed by atoms with Gasteiger partial charge in [0, 0.05) is 31.6 Å². The number of nitrogens with zero attached hydrogens (tertiary/aromatic N) is 1. The molecule has 2 heterocycles. The molecule has 17 heavy (non-hydrogen) atoms. The van der Waals surface area contributed by atoms with Crippen molar-refractivity contribution in [2.45, 2.75) is 11.4 Å². The second kappa shape index (κ2) is 7.21. The summed E-state index contributed by atoms with van der Waals surface area (Å²) in [4.78, 5) is 4.24. The Hall–Kier alpha value is -0.290. The Labute approximate surface area is 111 Å². The van der Waals surface area contributed by atoms with Crippen LogP contribution >= 0.6 is 23.4 Å². The van der Waals surface area contributed by atoms with Crippen molar-refractivity contribution in [1.29, 1.82) is 0 Å². The molecule has 1 aliphatic rings. The molecule has 1 aliphatic heterocycles. The van der Waals surface area contributed by atoms with E-state index in [1.807, 2.05) is 12.1 Å². The maximum absolute atomic E-state index is 6.02. The summed E-state index contributed by atoms with van der Waals surface area (Å²) in [6, 6.07) is 3.73. The third kappa shape index (κ3) is 4.47. The van der Waals surface area contributed by atoms with Crippen LogP contribution in [-0.2, 0) is 4.74 Å². The van der Waals surface area contributed by atoms with Crippen molar-refractivity contribution in [3.8, 4) is 0 Å². The molecule has 0 aromatic carbocycles. The van der Waals surface area contributed by atoms with Crippen LogP contribution in [0.4, 0.5) is 0 Å². The fourth-order valence-electron chi connectivity index (χ4n) is 1.75. The van der Waals surface area contributed by atoms with Gasteiger partial charge < -0.3 is 10.1 Å². The van der Waals surface area contributed by atoms with E-state index in [9.17, 15) is 0 Å². The molecule has 1 aromatic rings. The highest BCUT2D eigenvalue weighted by Gasteiger charge is 2.14. The first-order valence-corrected chi connectivity index (χ1v) is 7.24. The maximum atomic E-state index is 6.02. The van der Waals surface area contributed by atoms with E-state index in [1.165, 1.54) is 6.42 Å². The Bertz CT molecular complexity index is 345. The molecule has 1 unspecified atom stereocenters. The topological polar surface area (TPSA) is 34.2 Å². The lowest BCUT2D eigenvalue weighted by atomic mass is 10.1. The lowest BCUT2D eigenvalue weighted by molar-refractivity contribution is 0.185. The fourth-order valence-corrected chi connectivity index (χ4v) is 2.81. The van der Waals surface area contributed by atoms with Gasteiger partial charge in [0.25, 0.3) is 0 Å². The average molecular weight is 273 g/mol. The SMILES string of the molecule is Clc1cccnc1SCCNCC1CCOC1. The monoisotopic (exact) mass is 272 g/mol. The van der Waals surface area contributed by atoms with E-state index < -0.39 is 0 Å². The molecule has 3 nitrogen and oxygen atoms in total. The highest BCUT2D eigenvalue weighted by Crippen LogP contribution is 2.23. The van der Waals surface area contributed by atoms with Gasteiger partial charge in [-0.1, -0.05) is 11.6 Å². The van der Waals surface area contributed by atoms with E-state index in [4.69, 9.17) is 16.3 Å². The van der Waals surface area contributed by atoms with Crippen LogP contribution in [-0.4, -0.2) is 37.0 Å². The molecular weight excluding hydrogens is 256 g/mol. The first kappa shape index (κ1) is 13.1. The van der Waals surface area contributed by atoms with Gasteiger partial charge in [0.2, 0.25) is 0 Å². The molecule has 2 rings (SSSR count). The number of ether oxygens (including phenoxy) is 1. The van der Waals surface area contributed by atoms with E-state index in [-0.39, 0.29) is 0 Å². The summed E-state index contributed by atoms with van der Waals surface area (Å²) in [6.45, 7) is 3.86. The van der Waals surface area contributed by atoms with Crippen molar-refractivity contribution >= 4 is 23.4 Å². The minimum Gasteiger partial charge on any atom is -0.381 e. The van der Waals surface area contributed by atoms with Gasteiger partial charge in [-0.3, -0.25) is 0 Å². The largest absolute Gasteiger partial charge is 0.381 e. The van der Waals surface area contributed by atoms with Crippen molar-refractivity contribution in [2.75, 3.05) is 32.1 Å². The van der Waals surface area contributed by atoms with E-state index in [0.717, 1.165) is 42.1 Å². The van der Waals surface area contributed by atoms with Crippen LogP contribution < -0.4 is 5.32 Å². The summed E-state index contributed by atoms with van der Waals surface area (Å²) >= 11 is 7.71. The van der Waals surface area contributed by atoms with Crippen LogP contribution in [0.1, 0.15) is 6.42 Å². The Morgan fingerprint density at radius 1 is 1.59 bits per heavy atom. The Kier molecular flexibility index (Phi) is 5.58. The molecule has 0 amide bonds. The van der Waals surface area contributed by atoms with Gasteiger partial charge in [-0.05, 0) is 24.5 Å². The van der Waals surface area contributed by atoms with Crippen molar-refractivity contribution in [3.63, 3.8) is 0 Å². The zero-order valence-electron chi connectivity index (χ0n) is 9.69. The van der Waals surface area contributed by atoms with Gasteiger partial charge in [-0.25, -0.2) is 4.98 Å². The maximum Gasteiger partial charge on any atom is 0.115 e. The number of aromatic nitrogens is 1. The van der Waals surface area contributed by atoms with Crippen molar-refractivity contribution in [3.05, 3.63) is 23.4 Å². The zero-order chi connectivity index (χ0) is 11.9. The minimum absolute atomic E-state index is 0.693. The average Bonchev–Trinajstić information content (AvgIpc) is 2.84. The molecule has 5 heteroatoms. The molecule has 94 valence electrons. The molecule has 1 aromatic heterocycles. The van der Waals surface area contributed by atoms with Gasteiger partial charge in [0.05, 0.1) is 11.6 Å². The molecule has 0 bridgehead atoms. The molecule has 0 radical (unpaired) electrons. The van der Waals surface area contributed by atoms with Gasteiger partial charge in [0.15, 0.2) is 0 Å².